The van der Waals surface area contributed by atoms with Crippen LogP contribution in [0.1, 0.15) is 16.7 Å². The first-order chi connectivity index (χ1) is 8.60. The summed E-state index contributed by atoms with van der Waals surface area (Å²) in [6, 6.07) is 6.66. The molecule has 0 radical (unpaired) electrons. The lowest BCUT2D eigenvalue weighted by Crippen LogP contribution is -1.99. The summed E-state index contributed by atoms with van der Waals surface area (Å²) in [4.78, 5) is 4.17. The van der Waals surface area contributed by atoms with E-state index in [1.54, 1.807) is 25.3 Å². The smallest absolute Gasteiger partial charge is 0.222 e. The number of halogens is 1. The Morgan fingerprint density at radius 2 is 2.00 bits per heavy atom. The van der Waals surface area contributed by atoms with Crippen molar-refractivity contribution >= 4 is 0 Å². The molecule has 0 saturated heterocycles. The van der Waals surface area contributed by atoms with E-state index in [2.05, 4.69) is 4.98 Å². The van der Waals surface area contributed by atoms with Gasteiger partial charge in [0.15, 0.2) is 0 Å². The molecule has 0 aliphatic carbocycles. The quantitative estimate of drug-likeness (QED) is 0.905. The van der Waals surface area contributed by atoms with E-state index in [4.69, 9.17) is 10.5 Å². The molecule has 1 heterocycles. The first-order valence-electron chi connectivity index (χ1n) is 5.69. The third-order valence-corrected chi connectivity index (χ3v) is 2.68. The Labute approximate surface area is 105 Å². The summed E-state index contributed by atoms with van der Waals surface area (Å²) in [6.45, 7) is 4.03. The molecule has 2 rings (SSSR count). The van der Waals surface area contributed by atoms with Gasteiger partial charge in [-0.05, 0) is 37.1 Å². The highest BCUT2D eigenvalue weighted by molar-refractivity contribution is 5.35. The number of aromatic nitrogens is 1. The van der Waals surface area contributed by atoms with Crippen molar-refractivity contribution in [2.75, 3.05) is 0 Å². The van der Waals surface area contributed by atoms with Crippen LogP contribution in [-0.4, -0.2) is 4.98 Å². The van der Waals surface area contributed by atoms with Crippen LogP contribution in [-0.2, 0) is 6.54 Å². The van der Waals surface area contributed by atoms with E-state index >= 15 is 0 Å². The number of pyridine rings is 1. The van der Waals surface area contributed by atoms with E-state index in [0.717, 1.165) is 11.1 Å². The fourth-order valence-electron chi connectivity index (χ4n) is 1.59. The molecule has 18 heavy (non-hydrogen) atoms. The fourth-order valence-corrected chi connectivity index (χ4v) is 1.59. The van der Waals surface area contributed by atoms with Crippen LogP contribution in [0.2, 0.25) is 0 Å². The molecular formula is C14H15FN2O. The zero-order valence-corrected chi connectivity index (χ0v) is 10.4. The van der Waals surface area contributed by atoms with Crippen molar-refractivity contribution in [2.24, 2.45) is 5.73 Å². The van der Waals surface area contributed by atoms with Gasteiger partial charge in [-0.15, -0.1) is 0 Å². The molecule has 94 valence electrons. The second-order valence-corrected chi connectivity index (χ2v) is 4.18. The molecule has 2 aromatic rings. The third kappa shape index (κ3) is 2.65. The highest BCUT2D eigenvalue weighted by atomic mass is 19.1. The van der Waals surface area contributed by atoms with Gasteiger partial charge in [-0.3, -0.25) is 0 Å². The van der Waals surface area contributed by atoms with Crippen LogP contribution >= 0.6 is 0 Å². The number of ether oxygens (including phenoxy) is 1. The summed E-state index contributed by atoms with van der Waals surface area (Å²) in [5.41, 5.74) is 7.93. The molecule has 0 amide bonds. The minimum absolute atomic E-state index is 0.288. The van der Waals surface area contributed by atoms with Gasteiger partial charge in [0.25, 0.3) is 0 Å². The van der Waals surface area contributed by atoms with Crippen LogP contribution in [0.15, 0.2) is 30.5 Å². The lowest BCUT2D eigenvalue weighted by Gasteiger charge is -2.09. The van der Waals surface area contributed by atoms with Crippen LogP contribution in [0.4, 0.5) is 4.39 Å². The lowest BCUT2D eigenvalue weighted by atomic mass is 10.2. The molecule has 0 aliphatic rings. The number of nitrogens with zero attached hydrogens (tertiary/aromatic N) is 1. The maximum Gasteiger partial charge on any atom is 0.222 e. The van der Waals surface area contributed by atoms with Crippen molar-refractivity contribution in [3.05, 3.63) is 53.0 Å². The topological polar surface area (TPSA) is 48.1 Å². The maximum absolute atomic E-state index is 13.4. The number of benzene rings is 1. The Kier molecular flexibility index (Phi) is 3.58. The van der Waals surface area contributed by atoms with Crippen LogP contribution in [0.3, 0.4) is 0 Å². The SMILES string of the molecule is Cc1ccc(Oc2ncc(CN)cc2C)cc1F. The van der Waals surface area contributed by atoms with Crippen molar-refractivity contribution in [3.8, 4) is 11.6 Å². The molecule has 4 heteroatoms. The molecule has 0 saturated carbocycles. The molecule has 3 nitrogen and oxygen atoms in total. The Hall–Kier alpha value is -1.94. The van der Waals surface area contributed by atoms with Crippen LogP contribution in [0.25, 0.3) is 0 Å². The van der Waals surface area contributed by atoms with Gasteiger partial charge < -0.3 is 10.5 Å². The molecule has 0 fully saturated rings. The van der Waals surface area contributed by atoms with Crippen molar-refractivity contribution in [2.45, 2.75) is 20.4 Å². The number of rotatable bonds is 3. The standard InChI is InChI=1S/C14H15FN2O/c1-9-3-4-12(6-13(9)15)18-14-10(2)5-11(7-16)8-17-14/h3-6,8H,7,16H2,1-2H3. The monoisotopic (exact) mass is 246 g/mol. The second kappa shape index (κ2) is 5.14. The van der Waals surface area contributed by atoms with Crippen LogP contribution in [0, 0.1) is 19.7 Å². The summed E-state index contributed by atoms with van der Waals surface area (Å²) in [7, 11) is 0. The molecule has 1 aromatic carbocycles. The van der Waals surface area contributed by atoms with Crippen molar-refractivity contribution in [3.63, 3.8) is 0 Å². The minimum Gasteiger partial charge on any atom is -0.439 e. The number of aryl methyl sites for hydroxylation is 2. The second-order valence-electron chi connectivity index (χ2n) is 4.18. The van der Waals surface area contributed by atoms with E-state index < -0.39 is 0 Å². The zero-order valence-electron chi connectivity index (χ0n) is 10.4. The summed E-state index contributed by atoms with van der Waals surface area (Å²) in [6.07, 6.45) is 1.66. The Balaban J connectivity index is 2.25. The van der Waals surface area contributed by atoms with Gasteiger partial charge in [-0.1, -0.05) is 6.07 Å². The summed E-state index contributed by atoms with van der Waals surface area (Å²) >= 11 is 0. The summed E-state index contributed by atoms with van der Waals surface area (Å²) in [5, 5.41) is 0. The van der Waals surface area contributed by atoms with Crippen molar-refractivity contribution in [1.29, 1.82) is 0 Å². The average molecular weight is 246 g/mol. The van der Waals surface area contributed by atoms with E-state index in [1.165, 1.54) is 6.07 Å². The van der Waals surface area contributed by atoms with E-state index in [0.29, 0.717) is 23.7 Å². The van der Waals surface area contributed by atoms with Crippen LogP contribution < -0.4 is 10.5 Å². The third-order valence-electron chi connectivity index (χ3n) is 2.68. The Morgan fingerprint density at radius 1 is 1.22 bits per heavy atom. The summed E-state index contributed by atoms with van der Waals surface area (Å²) < 4.78 is 18.9. The normalized spacial score (nSPS) is 10.4. The Bertz CT molecular complexity index is 570. The molecule has 0 spiro atoms. The molecule has 2 N–H and O–H groups in total. The predicted molar refractivity (Wildman–Crippen MR) is 68.1 cm³/mol. The predicted octanol–water partition coefficient (Wildman–Crippen LogP) is 3.09. The molecule has 0 atom stereocenters. The molecule has 0 bridgehead atoms. The first kappa shape index (κ1) is 12.5. The first-order valence-corrected chi connectivity index (χ1v) is 5.69. The minimum atomic E-state index is -0.288. The zero-order chi connectivity index (χ0) is 13.1. The van der Waals surface area contributed by atoms with Gasteiger partial charge in [0, 0.05) is 24.4 Å². The molecule has 0 unspecified atom stereocenters. The molecule has 1 aromatic heterocycles. The summed E-state index contributed by atoms with van der Waals surface area (Å²) in [5.74, 6) is 0.619. The maximum atomic E-state index is 13.4. The van der Waals surface area contributed by atoms with Crippen molar-refractivity contribution < 1.29 is 9.13 Å². The van der Waals surface area contributed by atoms with E-state index in [9.17, 15) is 4.39 Å². The van der Waals surface area contributed by atoms with Gasteiger partial charge in [0.05, 0.1) is 0 Å². The van der Waals surface area contributed by atoms with Crippen LogP contribution in [0.5, 0.6) is 11.6 Å². The highest BCUT2D eigenvalue weighted by Gasteiger charge is 2.06. The van der Waals surface area contributed by atoms with Gasteiger partial charge >= 0.3 is 0 Å². The van der Waals surface area contributed by atoms with E-state index in [1.807, 2.05) is 13.0 Å². The largest absolute Gasteiger partial charge is 0.439 e. The number of hydrogen-bond donors (Lipinski definition) is 1. The number of hydrogen-bond acceptors (Lipinski definition) is 3. The highest BCUT2D eigenvalue weighted by Crippen LogP contribution is 2.24. The fraction of sp³-hybridized carbons (Fsp3) is 0.214. The van der Waals surface area contributed by atoms with Gasteiger partial charge in [-0.2, -0.15) is 0 Å². The van der Waals surface area contributed by atoms with E-state index in [-0.39, 0.29) is 5.82 Å². The average Bonchev–Trinajstić information content (AvgIpc) is 2.36. The number of nitrogens with two attached hydrogens (primary N) is 1. The lowest BCUT2D eigenvalue weighted by molar-refractivity contribution is 0.453. The van der Waals surface area contributed by atoms with Gasteiger partial charge in [0.1, 0.15) is 11.6 Å². The van der Waals surface area contributed by atoms with Gasteiger partial charge in [0.2, 0.25) is 5.88 Å². The Morgan fingerprint density at radius 3 is 2.61 bits per heavy atom. The van der Waals surface area contributed by atoms with Crippen molar-refractivity contribution in [1.82, 2.24) is 4.98 Å². The molecular weight excluding hydrogens is 231 g/mol. The van der Waals surface area contributed by atoms with Gasteiger partial charge in [-0.25, -0.2) is 9.37 Å². The molecule has 0 aliphatic heterocycles.